The lowest BCUT2D eigenvalue weighted by atomic mass is 9.76. The van der Waals surface area contributed by atoms with E-state index in [-0.39, 0.29) is 35.7 Å². The van der Waals surface area contributed by atoms with Crippen molar-refractivity contribution in [2.24, 2.45) is 5.41 Å². The van der Waals surface area contributed by atoms with Gasteiger partial charge < -0.3 is 14.6 Å². The number of aromatic amines is 1. The minimum atomic E-state index is -0.175. The molecule has 7 heteroatoms. The zero-order valence-electron chi connectivity index (χ0n) is 20.8. The number of carbonyl (C=O) groups is 1. The molecule has 1 saturated carbocycles. The van der Waals surface area contributed by atoms with Crippen LogP contribution in [-0.4, -0.2) is 57.1 Å². The first kappa shape index (κ1) is 24.3. The van der Waals surface area contributed by atoms with Crippen molar-refractivity contribution < 1.29 is 9.53 Å². The Kier molecular flexibility index (Phi) is 7.27. The topological polar surface area (TPSA) is 85.2 Å². The van der Waals surface area contributed by atoms with Gasteiger partial charge in [-0.15, -0.1) is 0 Å². The van der Waals surface area contributed by atoms with Gasteiger partial charge in [-0.25, -0.2) is 9.78 Å². The smallest absolute Gasteiger partial charge is 0.410 e. The predicted octanol–water partition coefficient (Wildman–Crippen LogP) is 5.07. The highest BCUT2D eigenvalue weighted by atomic mass is 16.6. The molecule has 0 radical (unpaired) electrons. The van der Waals surface area contributed by atoms with Crippen LogP contribution in [0.25, 0.3) is 0 Å². The third-order valence-electron chi connectivity index (χ3n) is 7.42. The maximum Gasteiger partial charge on any atom is 0.410 e. The molecule has 0 bridgehead atoms. The van der Waals surface area contributed by atoms with E-state index in [0.29, 0.717) is 18.7 Å². The average molecular weight is 464 g/mol. The summed E-state index contributed by atoms with van der Waals surface area (Å²) in [5.41, 5.74) is 3.13. The number of nitriles is 1. The van der Waals surface area contributed by atoms with E-state index in [1.54, 1.807) is 6.33 Å². The highest BCUT2D eigenvalue weighted by Gasteiger charge is 2.39. The van der Waals surface area contributed by atoms with Crippen LogP contribution in [0.4, 0.5) is 4.79 Å². The number of carbonyl (C=O) groups excluding carboxylic acids is 1. The number of piperazine rings is 1. The predicted molar refractivity (Wildman–Crippen MR) is 131 cm³/mol. The fraction of sp³-hybridized carbons (Fsp3) is 0.593. The molecule has 0 spiro atoms. The van der Waals surface area contributed by atoms with Crippen molar-refractivity contribution in [1.82, 2.24) is 19.8 Å². The lowest BCUT2D eigenvalue weighted by molar-refractivity contribution is -0.0215. The molecular formula is C27H37N5O2. The Morgan fingerprint density at radius 1 is 1.26 bits per heavy atom. The van der Waals surface area contributed by atoms with Crippen LogP contribution in [0.15, 0.2) is 36.8 Å². The average Bonchev–Trinajstić information content (AvgIpc) is 3.32. The van der Waals surface area contributed by atoms with Gasteiger partial charge in [-0.3, -0.25) is 4.90 Å². The summed E-state index contributed by atoms with van der Waals surface area (Å²) in [5, 5.41) is 9.12. The van der Waals surface area contributed by atoms with E-state index in [9.17, 15) is 4.79 Å². The van der Waals surface area contributed by atoms with Gasteiger partial charge in [0.1, 0.15) is 6.10 Å². The Morgan fingerprint density at radius 2 is 1.97 bits per heavy atom. The van der Waals surface area contributed by atoms with Crippen molar-refractivity contribution in [3.63, 3.8) is 0 Å². The minimum absolute atomic E-state index is 0.0222. The molecule has 1 aliphatic carbocycles. The van der Waals surface area contributed by atoms with E-state index in [4.69, 9.17) is 10.00 Å². The molecule has 1 amide bonds. The van der Waals surface area contributed by atoms with E-state index in [1.807, 2.05) is 35.4 Å². The third kappa shape index (κ3) is 5.61. The third-order valence-corrected chi connectivity index (χ3v) is 7.42. The highest BCUT2D eigenvalue weighted by molar-refractivity contribution is 5.68. The minimum Gasteiger partial charge on any atom is -0.446 e. The summed E-state index contributed by atoms with van der Waals surface area (Å²) in [6.45, 7) is 10.2. The van der Waals surface area contributed by atoms with Crippen molar-refractivity contribution >= 4 is 6.09 Å². The number of benzene rings is 1. The zero-order chi connectivity index (χ0) is 24.3. The first-order valence-corrected chi connectivity index (χ1v) is 12.5. The van der Waals surface area contributed by atoms with Crippen LogP contribution in [0.1, 0.15) is 76.2 Å². The van der Waals surface area contributed by atoms with E-state index in [2.05, 4.69) is 48.6 Å². The van der Waals surface area contributed by atoms with E-state index in [1.165, 1.54) is 12.0 Å². The maximum absolute atomic E-state index is 13.1. The Morgan fingerprint density at radius 3 is 2.56 bits per heavy atom. The zero-order valence-corrected chi connectivity index (χ0v) is 20.8. The van der Waals surface area contributed by atoms with Crippen molar-refractivity contribution in [3.8, 4) is 6.07 Å². The van der Waals surface area contributed by atoms with Crippen LogP contribution >= 0.6 is 0 Å². The van der Waals surface area contributed by atoms with Gasteiger partial charge in [0.2, 0.25) is 0 Å². The van der Waals surface area contributed by atoms with Crippen LogP contribution in [0.2, 0.25) is 0 Å². The van der Waals surface area contributed by atoms with Gasteiger partial charge in [0, 0.05) is 31.4 Å². The van der Waals surface area contributed by atoms with Gasteiger partial charge in [0.25, 0.3) is 0 Å². The summed E-state index contributed by atoms with van der Waals surface area (Å²) in [5.74, 6) is 0. The Hall–Kier alpha value is -2.85. The van der Waals surface area contributed by atoms with Gasteiger partial charge in [0.05, 0.1) is 29.7 Å². The number of hydrogen-bond acceptors (Lipinski definition) is 5. The summed E-state index contributed by atoms with van der Waals surface area (Å²) in [4.78, 5) is 25.0. The molecule has 1 N–H and O–H groups in total. The highest BCUT2D eigenvalue weighted by Crippen LogP contribution is 2.37. The molecule has 1 saturated heterocycles. The molecule has 2 heterocycles. The van der Waals surface area contributed by atoms with Gasteiger partial charge in [0.15, 0.2) is 0 Å². The van der Waals surface area contributed by atoms with Crippen LogP contribution in [-0.2, 0) is 11.2 Å². The second-order valence-electron chi connectivity index (χ2n) is 10.9. The molecule has 4 atom stereocenters. The fourth-order valence-corrected chi connectivity index (χ4v) is 5.81. The molecular weight excluding hydrogens is 426 g/mol. The van der Waals surface area contributed by atoms with Gasteiger partial charge in [-0.05, 0) is 69.1 Å². The van der Waals surface area contributed by atoms with Crippen molar-refractivity contribution in [2.75, 3.05) is 13.1 Å². The van der Waals surface area contributed by atoms with Crippen LogP contribution in [0.3, 0.4) is 0 Å². The lowest BCUT2D eigenvalue weighted by Gasteiger charge is -2.48. The first-order chi connectivity index (χ1) is 16.3. The molecule has 1 aromatic carbocycles. The Bertz CT molecular complexity index is 983. The number of imidazole rings is 1. The first-order valence-electron chi connectivity index (χ1n) is 12.5. The Balaban J connectivity index is 1.45. The molecule has 182 valence electrons. The largest absolute Gasteiger partial charge is 0.446 e. The molecule has 4 rings (SSSR count). The van der Waals surface area contributed by atoms with E-state index < -0.39 is 0 Å². The summed E-state index contributed by atoms with van der Waals surface area (Å²) >= 11 is 0. The standard InChI is InChI=1S/C27H37N5O2/c1-19-16-31(26(33)34-23-6-5-11-27(3,4)13-23)17-20(2)32(19)25(24-15-29-18-30-24)12-21-7-9-22(14-28)10-8-21/h7-10,15,18-20,23,25H,5-6,11-13,16-17H2,1-4H3,(H,29,30)/t19-,20+,23?,25?. The summed E-state index contributed by atoms with van der Waals surface area (Å²) < 4.78 is 5.97. The molecule has 1 aromatic heterocycles. The summed E-state index contributed by atoms with van der Waals surface area (Å²) in [7, 11) is 0. The fourth-order valence-electron chi connectivity index (χ4n) is 5.81. The van der Waals surface area contributed by atoms with E-state index in [0.717, 1.165) is 31.4 Å². The molecule has 7 nitrogen and oxygen atoms in total. The molecule has 2 aromatic rings. The van der Waals surface area contributed by atoms with Gasteiger partial charge >= 0.3 is 6.09 Å². The van der Waals surface area contributed by atoms with Crippen LogP contribution < -0.4 is 0 Å². The number of amides is 1. The van der Waals surface area contributed by atoms with Crippen molar-refractivity contribution in [1.29, 1.82) is 5.26 Å². The molecule has 2 aliphatic rings. The van der Waals surface area contributed by atoms with Crippen LogP contribution in [0, 0.1) is 16.7 Å². The maximum atomic E-state index is 13.1. The number of rotatable bonds is 5. The molecule has 2 fully saturated rings. The quantitative estimate of drug-likeness (QED) is 0.669. The number of nitrogens with one attached hydrogen (secondary N) is 1. The summed E-state index contributed by atoms with van der Waals surface area (Å²) in [6, 6.07) is 10.4. The molecule has 1 aliphatic heterocycles. The van der Waals surface area contributed by atoms with Crippen molar-refractivity contribution in [3.05, 3.63) is 53.6 Å². The normalized spacial score (nSPS) is 26.0. The van der Waals surface area contributed by atoms with Crippen LogP contribution in [0.5, 0.6) is 0 Å². The second-order valence-corrected chi connectivity index (χ2v) is 10.9. The number of ether oxygens (including phenoxy) is 1. The Labute approximate surface area is 203 Å². The van der Waals surface area contributed by atoms with Gasteiger partial charge in [-0.1, -0.05) is 26.0 Å². The molecule has 2 unspecified atom stereocenters. The number of hydrogen-bond donors (Lipinski definition) is 1. The second kappa shape index (κ2) is 10.2. The summed E-state index contributed by atoms with van der Waals surface area (Å²) in [6.07, 6.45) is 8.47. The monoisotopic (exact) mass is 463 g/mol. The SMILES string of the molecule is C[C@@H]1CN(C(=O)OC2CCCC(C)(C)C2)C[C@H](C)N1C(Cc1ccc(C#N)cc1)c1cnc[nH]1. The van der Waals surface area contributed by atoms with E-state index >= 15 is 0 Å². The number of aromatic nitrogens is 2. The molecule has 34 heavy (non-hydrogen) atoms. The lowest BCUT2D eigenvalue weighted by Crippen LogP contribution is -2.59. The van der Waals surface area contributed by atoms with Crippen molar-refractivity contribution in [2.45, 2.75) is 84.0 Å². The number of nitrogens with zero attached hydrogens (tertiary/aromatic N) is 4. The number of H-pyrrole nitrogens is 1. The van der Waals surface area contributed by atoms with Gasteiger partial charge in [-0.2, -0.15) is 5.26 Å².